The van der Waals surface area contributed by atoms with Crippen LogP contribution >= 0.6 is 15.9 Å². The van der Waals surface area contributed by atoms with Crippen LogP contribution in [0, 0.1) is 0 Å². The quantitative estimate of drug-likeness (QED) is 0.837. The third-order valence-corrected chi connectivity index (χ3v) is 3.14. The largest absolute Gasteiger partial charge is 0.416 e. The molecule has 0 saturated heterocycles. The predicted octanol–water partition coefficient (Wildman–Crippen LogP) is 3.58. The van der Waals surface area contributed by atoms with Gasteiger partial charge in [0.05, 0.1) is 5.56 Å². The second kappa shape index (κ2) is 5.68. The van der Waals surface area contributed by atoms with Crippen molar-refractivity contribution in [3.8, 4) is 0 Å². The van der Waals surface area contributed by atoms with E-state index in [0.717, 1.165) is 23.0 Å². The fourth-order valence-corrected chi connectivity index (χ4v) is 1.39. The summed E-state index contributed by atoms with van der Waals surface area (Å²) < 4.78 is 36.8. The third kappa shape index (κ3) is 4.14. The summed E-state index contributed by atoms with van der Waals surface area (Å²) in [6, 6.07) is 5.50. The molecule has 0 aliphatic carbocycles. The van der Waals surface area contributed by atoms with Gasteiger partial charge in [-0.2, -0.15) is 13.2 Å². The van der Waals surface area contributed by atoms with E-state index in [1.54, 1.807) is 0 Å². The van der Waals surface area contributed by atoms with Gasteiger partial charge in [0.25, 0.3) is 0 Å². The summed E-state index contributed by atoms with van der Waals surface area (Å²) in [4.78, 5) is 0. The summed E-state index contributed by atoms with van der Waals surface area (Å²) in [6.07, 6.45) is -4.25. The highest BCUT2D eigenvalue weighted by atomic mass is 79.9. The van der Waals surface area contributed by atoms with Crippen LogP contribution in [0.2, 0.25) is 0 Å². The zero-order valence-corrected chi connectivity index (χ0v) is 10.4. The average molecular weight is 296 g/mol. The van der Waals surface area contributed by atoms with Gasteiger partial charge in [-0.3, -0.25) is 0 Å². The molecule has 0 spiro atoms. The molecule has 0 bridgehead atoms. The van der Waals surface area contributed by atoms with E-state index in [-0.39, 0.29) is 0 Å². The zero-order valence-electron chi connectivity index (χ0n) is 8.81. The second-order valence-corrected chi connectivity index (χ2v) is 4.28. The van der Waals surface area contributed by atoms with E-state index >= 15 is 0 Å². The van der Waals surface area contributed by atoms with Crippen LogP contribution < -0.4 is 5.32 Å². The Hall–Kier alpha value is -0.550. The van der Waals surface area contributed by atoms with Crippen molar-refractivity contribution < 1.29 is 13.2 Å². The van der Waals surface area contributed by atoms with Gasteiger partial charge in [-0.1, -0.05) is 28.1 Å². The van der Waals surface area contributed by atoms with Crippen LogP contribution in [0.4, 0.5) is 13.2 Å². The Labute approximate surface area is 101 Å². The number of hydrogen-bond acceptors (Lipinski definition) is 1. The highest BCUT2D eigenvalue weighted by Gasteiger charge is 2.29. The van der Waals surface area contributed by atoms with Crippen LogP contribution in [0.15, 0.2) is 24.3 Å². The number of alkyl halides is 4. The summed E-state index contributed by atoms with van der Waals surface area (Å²) in [6.45, 7) is 2.57. The van der Waals surface area contributed by atoms with Gasteiger partial charge < -0.3 is 5.32 Å². The lowest BCUT2D eigenvalue weighted by Gasteiger charge is -2.11. The Morgan fingerprint density at radius 3 is 2.25 bits per heavy atom. The van der Waals surface area contributed by atoms with Crippen molar-refractivity contribution in [3.63, 3.8) is 0 Å². The molecule has 1 nitrogen and oxygen atoms in total. The van der Waals surface area contributed by atoms with Crippen molar-refractivity contribution in [2.75, 3.05) is 5.33 Å². The van der Waals surface area contributed by atoms with E-state index in [9.17, 15) is 13.2 Å². The highest BCUT2D eigenvalue weighted by molar-refractivity contribution is 9.09. The number of halogens is 4. The molecule has 0 fully saturated rings. The molecular weight excluding hydrogens is 283 g/mol. The van der Waals surface area contributed by atoms with Crippen molar-refractivity contribution in [3.05, 3.63) is 35.4 Å². The molecule has 0 heterocycles. The Balaban J connectivity index is 2.58. The van der Waals surface area contributed by atoms with Crippen LogP contribution in [0.1, 0.15) is 18.1 Å². The molecule has 1 aromatic rings. The van der Waals surface area contributed by atoms with E-state index in [4.69, 9.17) is 0 Å². The second-order valence-electron chi connectivity index (χ2n) is 3.63. The standard InChI is InChI=1S/C11H13BrF3N/c1-8(6-12)16-7-9-2-4-10(5-3-9)11(13,14)15/h2-5,8,16H,6-7H2,1H3. The lowest BCUT2D eigenvalue weighted by molar-refractivity contribution is -0.137. The highest BCUT2D eigenvalue weighted by Crippen LogP contribution is 2.28. The molecule has 0 aliphatic rings. The predicted molar refractivity (Wildman–Crippen MR) is 61.5 cm³/mol. The molecule has 1 unspecified atom stereocenters. The maximum atomic E-state index is 12.3. The molecule has 0 radical (unpaired) electrons. The Bertz CT molecular complexity index is 321. The monoisotopic (exact) mass is 295 g/mol. The van der Waals surface area contributed by atoms with Gasteiger partial charge >= 0.3 is 6.18 Å². The Morgan fingerprint density at radius 1 is 1.25 bits per heavy atom. The Kier molecular flexibility index (Phi) is 4.80. The molecule has 0 aliphatic heterocycles. The number of benzene rings is 1. The first kappa shape index (κ1) is 13.5. The number of hydrogen-bond donors (Lipinski definition) is 1. The van der Waals surface area contributed by atoms with Crippen LogP contribution in [0.25, 0.3) is 0 Å². The first-order valence-corrected chi connectivity index (χ1v) is 6.01. The maximum absolute atomic E-state index is 12.3. The first-order valence-electron chi connectivity index (χ1n) is 4.89. The van der Waals surface area contributed by atoms with Crippen LogP contribution in [0.5, 0.6) is 0 Å². The van der Waals surface area contributed by atoms with E-state index < -0.39 is 11.7 Å². The molecule has 1 aromatic carbocycles. The minimum absolute atomic E-state index is 0.294. The molecule has 0 aromatic heterocycles. The van der Waals surface area contributed by atoms with Gasteiger partial charge in [0.2, 0.25) is 0 Å². The fraction of sp³-hybridized carbons (Fsp3) is 0.455. The minimum atomic E-state index is -4.25. The molecule has 1 atom stereocenters. The van der Waals surface area contributed by atoms with Crippen molar-refractivity contribution in [1.29, 1.82) is 0 Å². The van der Waals surface area contributed by atoms with Crippen molar-refractivity contribution in [1.82, 2.24) is 5.32 Å². The zero-order chi connectivity index (χ0) is 12.2. The van der Waals surface area contributed by atoms with Gasteiger partial charge in [0, 0.05) is 17.9 Å². The van der Waals surface area contributed by atoms with Gasteiger partial charge in [-0.05, 0) is 24.6 Å². The normalized spacial score (nSPS) is 13.8. The molecule has 1 rings (SSSR count). The number of rotatable bonds is 4. The van der Waals surface area contributed by atoms with Crippen molar-refractivity contribution >= 4 is 15.9 Å². The third-order valence-electron chi connectivity index (χ3n) is 2.17. The van der Waals surface area contributed by atoms with Crippen molar-refractivity contribution in [2.24, 2.45) is 0 Å². The van der Waals surface area contributed by atoms with E-state index in [1.165, 1.54) is 12.1 Å². The Morgan fingerprint density at radius 2 is 1.81 bits per heavy atom. The van der Waals surface area contributed by atoms with Crippen molar-refractivity contribution in [2.45, 2.75) is 25.7 Å². The lowest BCUT2D eigenvalue weighted by atomic mass is 10.1. The summed E-state index contributed by atoms with van der Waals surface area (Å²) in [7, 11) is 0. The molecule has 16 heavy (non-hydrogen) atoms. The molecule has 0 amide bonds. The SMILES string of the molecule is CC(CBr)NCc1ccc(C(F)(F)F)cc1. The molecular formula is C11H13BrF3N. The molecule has 0 saturated carbocycles. The average Bonchev–Trinajstić information content (AvgIpc) is 2.25. The first-order chi connectivity index (χ1) is 7.43. The molecule has 1 N–H and O–H groups in total. The lowest BCUT2D eigenvalue weighted by Crippen LogP contribution is -2.26. The van der Waals surface area contributed by atoms with Gasteiger partial charge in [-0.15, -0.1) is 0 Å². The van der Waals surface area contributed by atoms with Gasteiger partial charge in [0.1, 0.15) is 0 Å². The van der Waals surface area contributed by atoms with Gasteiger partial charge in [0.15, 0.2) is 0 Å². The molecule has 90 valence electrons. The fourth-order valence-electron chi connectivity index (χ4n) is 1.16. The number of nitrogens with one attached hydrogen (secondary N) is 1. The van der Waals surface area contributed by atoms with Crippen LogP contribution in [-0.2, 0) is 12.7 Å². The van der Waals surface area contributed by atoms with Crippen LogP contribution in [-0.4, -0.2) is 11.4 Å². The minimum Gasteiger partial charge on any atom is -0.309 e. The molecule has 5 heteroatoms. The summed E-state index contributed by atoms with van der Waals surface area (Å²) in [5.41, 5.74) is 0.241. The summed E-state index contributed by atoms with van der Waals surface area (Å²) >= 11 is 3.31. The summed E-state index contributed by atoms with van der Waals surface area (Å²) in [5, 5.41) is 3.99. The van der Waals surface area contributed by atoms with E-state index in [0.29, 0.717) is 12.6 Å². The summed E-state index contributed by atoms with van der Waals surface area (Å²) in [5.74, 6) is 0. The smallest absolute Gasteiger partial charge is 0.309 e. The van der Waals surface area contributed by atoms with Gasteiger partial charge in [-0.25, -0.2) is 0 Å². The van der Waals surface area contributed by atoms with E-state index in [1.807, 2.05) is 6.92 Å². The van der Waals surface area contributed by atoms with E-state index in [2.05, 4.69) is 21.2 Å². The van der Waals surface area contributed by atoms with Crippen LogP contribution in [0.3, 0.4) is 0 Å². The maximum Gasteiger partial charge on any atom is 0.416 e. The topological polar surface area (TPSA) is 12.0 Å².